The molecule has 1 aliphatic carbocycles. The maximum atomic E-state index is 13.4. The molecule has 0 aromatic heterocycles. The number of aliphatic hydroxyl groups excluding tert-OH is 1. The van der Waals surface area contributed by atoms with Crippen molar-refractivity contribution in [2.24, 2.45) is 11.3 Å². The van der Waals surface area contributed by atoms with E-state index in [-0.39, 0.29) is 30.0 Å². The monoisotopic (exact) mass is 479 g/mol. The minimum atomic E-state index is -1.09. The van der Waals surface area contributed by atoms with Crippen molar-refractivity contribution in [1.29, 1.82) is 0 Å². The molecule has 1 heterocycles. The molecule has 0 radical (unpaired) electrons. The fraction of sp³-hybridized carbons (Fsp3) is 0.680. The molecule has 2 atom stereocenters. The number of carbonyl (C=O) groups is 2. The second-order valence-electron chi connectivity index (χ2n) is 10.6. The van der Waals surface area contributed by atoms with Gasteiger partial charge in [0.15, 0.2) is 0 Å². The molecular formula is C25H38ClN3O4. The van der Waals surface area contributed by atoms with Gasteiger partial charge >= 0.3 is 6.03 Å². The second-order valence-corrected chi connectivity index (χ2v) is 11.0. The van der Waals surface area contributed by atoms with Crippen LogP contribution < -0.4 is 10.6 Å². The number of rotatable bonds is 5. The highest BCUT2D eigenvalue weighted by molar-refractivity contribution is 6.30. The van der Waals surface area contributed by atoms with E-state index in [4.69, 9.17) is 11.6 Å². The van der Waals surface area contributed by atoms with Crippen LogP contribution >= 0.6 is 11.6 Å². The average Bonchev–Trinajstić information content (AvgIpc) is 2.75. The van der Waals surface area contributed by atoms with E-state index in [0.29, 0.717) is 37.4 Å². The van der Waals surface area contributed by atoms with Crippen molar-refractivity contribution in [2.75, 3.05) is 13.1 Å². The van der Waals surface area contributed by atoms with E-state index in [1.165, 1.54) is 0 Å². The Labute approximate surface area is 201 Å². The lowest BCUT2D eigenvalue weighted by Crippen LogP contribution is -2.61. The zero-order valence-corrected chi connectivity index (χ0v) is 20.9. The molecule has 1 aromatic rings. The molecule has 33 heavy (non-hydrogen) atoms. The summed E-state index contributed by atoms with van der Waals surface area (Å²) in [5, 5.41) is 27.7. The van der Waals surface area contributed by atoms with Crippen LogP contribution in [0.1, 0.15) is 65.4 Å². The highest BCUT2D eigenvalue weighted by atomic mass is 35.5. The molecule has 0 bridgehead atoms. The summed E-state index contributed by atoms with van der Waals surface area (Å²) in [5.41, 5.74) is -0.890. The first-order valence-corrected chi connectivity index (χ1v) is 12.3. The smallest absolute Gasteiger partial charge is 0.315 e. The van der Waals surface area contributed by atoms with Crippen LogP contribution in [0.2, 0.25) is 5.02 Å². The second kappa shape index (κ2) is 10.2. The zero-order valence-electron chi connectivity index (χ0n) is 20.1. The third-order valence-corrected chi connectivity index (χ3v) is 7.59. The number of urea groups is 1. The van der Waals surface area contributed by atoms with Gasteiger partial charge in [-0.05, 0) is 55.7 Å². The first-order chi connectivity index (χ1) is 15.4. The maximum Gasteiger partial charge on any atom is 0.315 e. The molecule has 3 rings (SSSR count). The number of aliphatic hydroxyl groups is 2. The third-order valence-electron chi connectivity index (χ3n) is 7.33. The van der Waals surface area contributed by atoms with Gasteiger partial charge in [-0.3, -0.25) is 4.79 Å². The number of amides is 3. The van der Waals surface area contributed by atoms with Crippen LogP contribution in [-0.4, -0.2) is 58.3 Å². The Kier molecular flexibility index (Phi) is 7.97. The fourth-order valence-corrected chi connectivity index (χ4v) is 5.20. The number of nitrogens with zero attached hydrogens (tertiary/aromatic N) is 1. The summed E-state index contributed by atoms with van der Waals surface area (Å²) in [5.74, 6) is -0.220. The van der Waals surface area contributed by atoms with Crippen molar-refractivity contribution in [3.63, 3.8) is 0 Å². The van der Waals surface area contributed by atoms with Crippen molar-refractivity contribution in [3.8, 4) is 0 Å². The van der Waals surface area contributed by atoms with Crippen molar-refractivity contribution < 1.29 is 19.8 Å². The van der Waals surface area contributed by atoms with E-state index in [0.717, 1.165) is 18.4 Å². The lowest BCUT2D eigenvalue weighted by atomic mass is 9.66. The van der Waals surface area contributed by atoms with Crippen LogP contribution in [-0.2, 0) is 10.4 Å². The van der Waals surface area contributed by atoms with Gasteiger partial charge in [-0.2, -0.15) is 0 Å². The van der Waals surface area contributed by atoms with E-state index < -0.39 is 17.1 Å². The topological polar surface area (TPSA) is 102 Å². The minimum Gasteiger partial charge on any atom is -0.393 e. The van der Waals surface area contributed by atoms with Crippen LogP contribution in [0.15, 0.2) is 24.3 Å². The van der Waals surface area contributed by atoms with Crippen molar-refractivity contribution in [3.05, 3.63) is 34.9 Å². The molecule has 2 fully saturated rings. The van der Waals surface area contributed by atoms with Crippen LogP contribution in [0.5, 0.6) is 0 Å². The Hall–Kier alpha value is -1.83. The van der Waals surface area contributed by atoms with E-state index in [9.17, 15) is 19.8 Å². The molecule has 1 saturated carbocycles. The Morgan fingerprint density at radius 1 is 1.12 bits per heavy atom. The fourth-order valence-electron chi connectivity index (χ4n) is 5.07. The molecule has 4 N–H and O–H groups in total. The van der Waals surface area contributed by atoms with E-state index in [1.54, 1.807) is 17.0 Å². The quantitative estimate of drug-likeness (QED) is 0.519. The van der Waals surface area contributed by atoms with Gasteiger partial charge in [0.05, 0.1) is 11.7 Å². The van der Waals surface area contributed by atoms with Crippen molar-refractivity contribution >= 4 is 23.5 Å². The van der Waals surface area contributed by atoms with Gasteiger partial charge in [0.25, 0.3) is 0 Å². The largest absolute Gasteiger partial charge is 0.393 e. The summed E-state index contributed by atoms with van der Waals surface area (Å²) in [6, 6.07) is 6.23. The van der Waals surface area contributed by atoms with Crippen LogP contribution in [0.3, 0.4) is 0 Å². The van der Waals surface area contributed by atoms with Gasteiger partial charge in [-0.1, -0.05) is 51.4 Å². The first-order valence-electron chi connectivity index (χ1n) is 12.0. The van der Waals surface area contributed by atoms with E-state index in [1.807, 2.05) is 39.8 Å². The lowest BCUT2D eigenvalue weighted by Gasteiger charge is -2.51. The Morgan fingerprint density at radius 3 is 2.27 bits per heavy atom. The number of likely N-dealkylation sites (tertiary alicyclic amines) is 1. The number of hydrogen-bond acceptors (Lipinski definition) is 4. The minimum absolute atomic E-state index is 0.0135. The first kappa shape index (κ1) is 25.8. The SMILES string of the molecule is CC(C)[C@@H](NC(=O)NC1CCC(O)CC1)C(=O)N1CC[C@](O)(c2ccc(Cl)cc2)C(C)(C)C1. The molecule has 2 aliphatic rings. The molecule has 1 saturated heterocycles. The maximum absolute atomic E-state index is 13.4. The van der Waals surface area contributed by atoms with Crippen LogP contribution in [0, 0.1) is 11.3 Å². The number of benzene rings is 1. The normalized spacial score (nSPS) is 28.3. The van der Waals surface area contributed by atoms with Gasteiger partial charge < -0.3 is 25.7 Å². The molecule has 0 spiro atoms. The number of carbonyl (C=O) groups excluding carboxylic acids is 2. The number of nitrogens with one attached hydrogen (secondary N) is 2. The highest BCUT2D eigenvalue weighted by Crippen LogP contribution is 2.46. The van der Waals surface area contributed by atoms with E-state index in [2.05, 4.69) is 10.6 Å². The summed E-state index contributed by atoms with van der Waals surface area (Å²) in [7, 11) is 0. The Morgan fingerprint density at radius 2 is 1.73 bits per heavy atom. The standard InChI is InChI=1S/C25H38ClN3O4/c1-16(2)21(28-23(32)27-19-9-11-20(30)12-10-19)22(31)29-14-13-25(33,24(3,4)15-29)17-5-7-18(26)8-6-17/h5-8,16,19-21,30,33H,9-15H2,1-4H3,(H2,27,28,32)/t19?,20?,21-,25+/m1/s1. The number of halogens is 1. The van der Waals surface area contributed by atoms with Gasteiger partial charge in [-0.15, -0.1) is 0 Å². The summed E-state index contributed by atoms with van der Waals surface area (Å²) < 4.78 is 0. The summed E-state index contributed by atoms with van der Waals surface area (Å²) in [4.78, 5) is 27.8. The lowest BCUT2D eigenvalue weighted by molar-refractivity contribution is -0.155. The molecule has 1 aromatic carbocycles. The van der Waals surface area contributed by atoms with Gasteiger partial charge in [0.2, 0.25) is 5.91 Å². The summed E-state index contributed by atoms with van der Waals surface area (Å²) >= 11 is 6.02. The highest BCUT2D eigenvalue weighted by Gasteiger charge is 2.50. The predicted octanol–water partition coefficient (Wildman–Crippen LogP) is 3.41. The molecule has 8 heteroatoms. The van der Waals surface area contributed by atoms with Gasteiger partial charge in [0.1, 0.15) is 6.04 Å². The molecule has 184 valence electrons. The van der Waals surface area contributed by atoms with Gasteiger partial charge in [-0.25, -0.2) is 4.79 Å². The molecule has 3 amide bonds. The summed E-state index contributed by atoms with van der Waals surface area (Å²) in [6.45, 7) is 8.52. The third kappa shape index (κ3) is 5.81. The van der Waals surface area contributed by atoms with E-state index >= 15 is 0 Å². The zero-order chi connectivity index (χ0) is 24.4. The Bertz CT molecular complexity index is 837. The van der Waals surface area contributed by atoms with Crippen molar-refractivity contribution in [2.45, 2.75) is 83.6 Å². The Balaban J connectivity index is 1.65. The number of piperidine rings is 1. The number of hydrogen-bond donors (Lipinski definition) is 4. The van der Waals surface area contributed by atoms with Crippen molar-refractivity contribution in [1.82, 2.24) is 15.5 Å². The van der Waals surface area contributed by atoms with Crippen LogP contribution in [0.25, 0.3) is 0 Å². The van der Waals surface area contributed by atoms with Gasteiger partial charge in [0, 0.05) is 29.6 Å². The average molecular weight is 480 g/mol. The van der Waals surface area contributed by atoms with Crippen LogP contribution in [0.4, 0.5) is 4.79 Å². The predicted molar refractivity (Wildman–Crippen MR) is 129 cm³/mol. The molecular weight excluding hydrogens is 442 g/mol. The molecule has 7 nitrogen and oxygen atoms in total. The summed E-state index contributed by atoms with van der Waals surface area (Å²) in [6.07, 6.45) is 2.93. The molecule has 1 aliphatic heterocycles. The molecule has 0 unspecified atom stereocenters.